The third-order valence-corrected chi connectivity index (χ3v) is 6.10. The van der Waals surface area contributed by atoms with Gasteiger partial charge in [0.1, 0.15) is 0 Å². The minimum Gasteiger partial charge on any atom is -0.354 e. The lowest BCUT2D eigenvalue weighted by Gasteiger charge is -2.32. The molecule has 2 aromatic carbocycles. The maximum Gasteiger partial charge on any atom is 0.225 e. The van der Waals surface area contributed by atoms with Crippen molar-refractivity contribution in [2.75, 3.05) is 19.6 Å². The Balaban J connectivity index is 1.56. The highest BCUT2D eigenvalue weighted by molar-refractivity contribution is 5.83. The van der Waals surface area contributed by atoms with Crippen LogP contribution >= 0.6 is 0 Å². The standard InChI is InChI=1S/C24H28N2O2/c1-17-9-11-18(12-10-17)22-8-3-2-5-20(22)15-21-16-26(14-13-25-23(21)27)24(28)19-6-4-7-19/h2-3,5,8-12,19,21H,4,6-7,13-16H2,1H3,(H,25,27). The fraction of sp³-hybridized carbons (Fsp3) is 0.417. The van der Waals surface area contributed by atoms with E-state index in [4.69, 9.17) is 0 Å². The number of hydrogen-bond donors (Lipinski definition) is 1. The number of carbonyl (C=O) groups excluding carboxylic acids is 2. The van der Waals surface area contributed by atoms with E-state index in [-0.39, 0.29) is 23.7 Å². The Kier molecular flexibility index (Phi) is 5.47. The van der Waals surface area contributed by atoms with Crippen LogP contribution in [0.1, 0.15) is 30.4 Å². The van der Waals surface area contributed by atoms with E-state index in [0.717, 1.165) is 36.0 Å². The largest absolute Gasteiger partial charge is 0.354 e. The van der Waals surface area contributed by atoms with E-state index in [0.29, 0.717) is 26.1 Å². The molecule has 1 saturated carbocycles. The Morgan fingerprint density at radius 3 is 2.57 bits per heavy atom. The summed E-state index contributed by atoms with van der Waals surface area (Å²) in [5.74, 6) is 0.258. The van der Waals surface area contributed by atoms with Gasteiger partial charge in [0.05, 0.1) is 5.92 Å². The Morgan fingerprint density at radius 1 is 1.11 bits per heavy atom. The molecule has 2 aliphatic rings. The van der Waals surface area contributed by atoms with Crippen LogP contribution in [-0.4, -0.2) is 36.3 Å². The van der Waals surface area contributed by atoms with Gasteiger partial charge in [-0.1, -0.05) is 60.5 Å². The second-order valence-corrected chi connectivity index (χ2v) is 8.13. The van der Waals surface area contributed by atoms with Crippen molar-refractivity contribution in [3.63, 3.8) is 0 Å². The van der Waals surface area contributed by atoms with Gasteiger partial charge in [-0.05, 0) is 42.9 Å². The highest BCUT2D eigenvalue weighted by Gasteiger charge is 2.33. The Bertz CT molecular complexity index is 855. The molecule has 1 aliphatic heterocycles. The third kappa shape index (κ3) is 3.96. The van der Waals surface area contributed by atoms with Gasteiger partial charge in [0.25, 0.3) is 0 Å². The number of nitrogens with zero attached hydrogens (tertiary/aromatic N) is 1. The molecule has 2 amide bonds. The fourth-order valence-corrected chi connectivity index (χ4v) is 4.15. The first-order valence-electron chi connectivity index (χ1n) is 10.3. The number of carbonyl (C=O) groups is 2. The van der Waals surface area contributed by atoms with Gasteiger partial charge in [0, 0.05) is 25.6 Å². The molecular formula is C24H28N2O2. The van der Waals surface area contributed by atoms with Gasteiger partial charge in [-0.15, -0.1) is 0 Å². The quantitative estimate of drug-likeness (QED) is 0.887. The Labute approximate surface area is 166 Å². The Hall–Kier alpha value is -2.62. The number of benzene rings is 2. The summed E-state index contributed by atoms with van der Waals surface area (Å²) in [5, 5.41) is 3.01. The van der Waals surface area contributed by atoms with Crippen LogP contribution in [0.2, 0.25) is 0 Å². The van der Waals surface area contributed by atoms with Crippen LogP contribution < -0.4 is 5.32 Å². The molecule has 0 spiro atoms. The smallest absolute Gasteiger partial charge is 0.225 e. The zero-order valence-electron chi connectivity index (χ0n) is 16.5. The maximum atomic E-state index is 12.7. The molecule has 0 radical (unpaired) electrons. The van der Waals surface area contributed by atoms with Crippen LogP contribution in [0.5, 0.6) is 0 Å². The first kappa shape index (κ1) is 18.7. The van der Waals surface area contributed by atoms with Gasteiger partial charge in [0.2, 0.25) is 11.8 Å². The number of amides is 2. The molecule has 28 heavy (non-hydrogen) atoms. The molecule has 0 aromatic heterocycles. The number of rotatable bonds is 4. The molecule has 146 valence electrons. The minimum atomic E-state index is -0.210. The summed E-state index contributed by atoms with van der Waals surface area (Å²) in [6.07, 6.45) is 3.79. The lowest BCUT2D eigenvalue weighted by molar-refractivity contribution is -0.138. The van der Waals surface area contributed by atoms with E-state index in [1.165, 1.54) is 5.56 Å². The van der Waals surface area contributed by atoms with Crippen molar-refractivity contribution in [1.29, 1.82) is 0 Å². The molecule has 1 saturated heterocycles. The average Bonchev–Trinajstić information content (AvgIpc) is 2.83. The molecule has 4 rings (SSSR count). The van der Waals surface area contributed by atoms with E-state index in [2.05, 4.69) is 48.6 Å². The topological polar surface area (TPSA) is 49.4 Å². The van der Waals surface area contributed by atoms with Gasteiger partial charge < -0.3 is 10.2 Å². The summed E-state index contributed by atoms with van der Waals surface area (Å²) < 4.78 is 0. The first-order valence-corrected chi connectivity index (χ1v) is 10.3. The molecule has 1 heterocycles. The van der Waals surface area contributed by atoms with Crippen LogP contribution in [-0.2, 0) is 16.0 Å². The fourth-order valence-electron chi connectivity index (χ4n) is 4.15. The summed E-state index contributed by atoms with van der Waals surface area (Å²) >= 11 is 0. The second kappa shape index (κ2) is 8.17. The van der Waals surface area contributed by atoms with E-state index < -0.39 is 0 Å². The van der Waals surface area contributed by atoms with Gasteiger partial charge in [0.15, 0.2) is 0 Å². The van der Waals surface area contributed by atoms with Crippen molar-refractivity contribution in [3.8, 4) is 11.1 Å². The van der Waals surface area contributed by atoms with E-state index in [9.17, 15) is 9.59 Å². The van der Waals surface area contributed by atoms with Crippen LogP contribution in [0.15, 0.2) is 48.5 Å². The SMILES string of the molecule is Cc1ccc(-c2ccccc2CC2CN(C(=O)C3CCC3)CCNC2=O)cc1. The van der Waals surface area contributed by atoms with Crippen molar-refractivity contribution in [1.82, 2.24) is 10.2 Å². The number of aryl methyl sites for hydroxylation is 1. The van der Waals surface area contributed by atoms with Gasteiger partial charge in [-0.3, -0.25) is 9.59 Å². The summed E-state index contributed by atoms with van der Waals surface area (Å²) in [6, 6.07) is 16.8. The van der Waals surface area contributed by atoms with Crippen LogP contribution in [0.3, 0.4) is 0 Å². The zero-order valence-corrected chi connectivity index (χ0v) is 16.5. The molecule has 1 aliphatic carbocycles. The first-order chi connectivity index (χ1) is 13.6. The second-order valence-electron chi connectivity index (χ2n) is 8.13. The van der Waals surface area contributed by atoms with E-state index in [1.807, 2.05) is 17.0 Å². The van der Waals surface area contributed by atoms with Crippen molar-refractivity contribution >= 4 is 11.8 Å². The van der Waals surface area contributed by atoms with Crippen molar-refractivity contribution < 1.29 is 9.59 Å². The molecule has 1 unspecified atom stereocenters. The highest BCUT2D eigenvalue weighted by Crippen LogP contribution is 2.30. The van der Waals surface area contributed by atoms with Crippen LogP contribution in [0, 0.1) is 18.8 Å². The van der Waals surface area contributed by atoms with Gasteiger partial charge >= 0.3 is 0 Å². The normalized spacial score (nSPS) is 20.2. The van der Waals surface area contributed by atoms with Crippen LogP contribution in [0.25, 0.3) is 11.1 Å². The predicted octanol–water partition coefficient (Wildman–Crippen LogP) is 3.58. The van der Waals surface area contributed by atoms with Crippen LogP contribution in [0.4, 0.5) is 0 Å². The predicted molar refractivity (Wildman–Crippen MR) is 111 cm³/mol. The minimum absolute atomic E-state index is 0.0580. The van der Waals surface area contributed by atoms with E-state index >= 15 is 0 Å². The molecule has 1 atom stereocenters. The maximum absolute atomic E-state index is 12.7. The third-order valence-electron chi connectivity index (χ3n) is 6.10. The lowest BCUT2D eigenvalue weighted by atomic mass is 9.84. The monoisotopic (exact) mass is 376 g/mol. The van der Waals surface area contributed by atoms with Crippen molar-refractivity contribution in [2.45, 2.75) is 32.6 Å². The molecule has 0 bridgehead atoms. The highest BCUT2D eigenvalue weighted by atomic mass is 16.2. The molecular weight excluding hydrogens is 348 g/mol. The average molecular weight is 377 g/mol. The molecule has 2 aromatic rings. The van der Waals surface area contributed by atoms with Crippen molar-refractivity contribution in [3.05, 3.63) is 59.7 Å². The summed E-state index contributed by atoms with van der Waals surface area (Å²) in [6.45, 7) is 3.77. The lowest BCUT2D eigenvalue weighted by Crippen LogP contribution is -2.42. The summed E-state index contributed by atoms with van der Waals surface area (Å²) in [7, 11) is 0. The van der Waals surface area contributed by atoms with Crippen molar-refractivity contribution in [2.24, 2.45) is 11.8 Å². The summed E-state index contributed by atoms with van der Waals surface area (Å²) in [4.78, 5) is 27.3. The summed E-state index contributed by atoms with van der Waals surface area (Å²) in [5.41, 5.74) is 4.72. The van der Waals surface area contributed by atoms with Gasteiger partial charge in [-0.2, -0.15) is 0 Å². The van der Waals surface area contributed by atoms with Gasteiger partial charge in [-0.25, -0.2) is 0 Å². The molecule has 1 N–H and O–H groups in total. The molecule has 2 fully saturated rings. The number of nitrogens with one attached hydrogen (secondary N) is 1. The van der Waals surface area contributed by atoms with E-state index in [1.54, 1.807) is 0 Å². The Morgan fingerprint density at radius 2 is 1.86 bits per heavy atom. The molecule has 4 nitrogen and oxygen atoms in total. The zero-order chi connectivity index (χ0) is 19.5. The number of hydrogen-bond acceptors (Lipinski definition) is 2. The molecule has 4 heteroatoms.